The zero-order valence-electron chi connectivity index (χ0n) is 13.5. The van der Waals surface area contributed by atoms with Crippen LogP contribution in [-0.4, -0.2) is 29.2 Å². The molecule has 2 aromatic carbocycles. The van der Waals surface area contributed by atoms with E-state index in [1.54, 1.807) is 12.1 Å². The summed E-state index contributed by atoms with van der Waals surface area (Å²) in [7, 11) is 1.39. The first-order valence-electron chi connectivity index (χ1n) is 8.00. The van der Waals surface area contributed by atoms with Gasteiger partial charge in [0, 0.05) is 33.1 Å². The first kappa shape index (κ1) is 16.2. The van der Waals surface area contributed by atoms with E-state index in [1.807, 2.05) is 30.3 Å². The summed E-state index contributed by atoms with van der Waals surface area (Å²) in [5.74, 6) is -0.133. The zero-order chi connectivity index (χ0) is 17.6. The third-order valence-corrected chi connectivity index (χ3v) is 5.19. The van der Waals surface area contributed by atoms with Crippen LogP contribution in [0.15, 0.2) is 46.9 Å². The van der Waals surface area contributed by atoms with Crippen LogP contribution in [0.5, 0.6) is 5.75 Å². The molecule has 0 saturated carbocycles. The van der Waals surface area contributed by atoms with E-state index in [2.05, 4.69) is 26.2 Å². The molecular weight excluding hydrogens is 384 g/mol. The monoisotopic (exact) mass is 400 g/mol. The molecular formula is C19H17BrN2O3. The molecule has 6 heteroatoms. The molecule has 1 aliphatic rings. The van der Waals surface area contributed by atoms with Crippen molar-refractivity contribution in [3.05, 3.63) is 63.8 Å². The standard InChI is InChI=1S/C19H17BrN2O3/c1-25-19(24)15-9-12-11-4-2-3-5-14(11)21-17(12)18(22-15)13-8-10(20)6-7-16(13)23/h2-8,15,18,21-23H,9H2,1H3/t15-,18?/m0/s1. The summed E-state index contributed by atoms with van der Waals surface area (Å²) in [6.07, 6.45) is 0.539. The van der Waals surface area contributed by atoms with Crippen LogP contribution in [-0.2, 0) is 16.0 Å². The van der Waals surface area contributed by atoms with Gasteiger partial charge in [-0.05, 0) is 29.8 Å². The second-order valence-electron chi connectivity index (χ2n) is 6.15. The number of ether oxygens (including phenoxy) is 1. The second-order valence-corrected chi connectivity index (χ2v) is 7.06. The zero-order valence-corrected chi connectivity index (χ0v) is 15.1. The van der Waals surface area contributed by atoms with E-state index in [0.717, 1.165) is 26.6 Å². The highest BCUT2D eigenvalue weighted by atomic mass is 79.9. The van der Waals surface area contributed by atoms with Gasteiger partial charge in [-0.1, -0.05) is 34.1 Å². The van der Waals surface area contributed by atoms with Crippen molar-refractivity contribution in [3.8, 4) is 5.75 Å². The minimum absolute atomic E-state index is 0.177. The average Bonchev–Trinajstić information content (AvgIpc) is 3.01. The third kappa shape index (κ3) is 2.71. The number of methoxy groups -OCH3 is 1. The SMILES string of the molecule is COC(=O)[C@@H]1Cc2c([nH]c3ccccc23)C(c2cc(Br)ccc2O)N1. The number of carbonyl (C=O) groups excluding carboxylic acids is 1. The Kier molecular flexibility index (Phi) is 4.01. The van der Waals surface area contributed by atoms with Gasteiger partial charge in [0.1, 0.15) is 11.8 Å². The van der Waals surface area contributed by atoms with E-state index in [4.69, 9.17) is 4.74 Å². The van der Waals surface area contributed by atoms with E-state index >= 15 is 0 Å². The number of hydrogen-bond donors (Lipinski definition) is 3. The molecule has 0 fully saturated rings. The first-order valence-corrected chi connectivity index (χ1v) is 8.79. The maximum Gasteiger partial charge on any atom is 0.323 e. The van der Waals surface area contributed by atoms with Gasteiger partial charge in [0.25, 0.3) is 0 Å². The molecule has 2 atom stereocenters. The van der Waals surface area contributed by atoms with Crippen LogP contribution < -0.4 is 5.32 Å². The Morgan fingerprint density at radius 1 is 1.28 bits per heavy atom. The summed E-state index contributed by atoms with van der Waals surface area (Å²) in [5, 5.41) is 14.8. The van der Waals surface area contributed by atoms with Crippen molar-refractivity contribution in [1.82, 2.24) is 10.3 Å². The lowest BCUT2D eigenvalue weighted by Crippen LogP contribution is -2.45. The number of carbonyl (C=O) groups is 1. The predicted molar refractivity (Wildman–Crippen MR) is 98.6 cm³/mol. The number of aromatic hydroxyl groups is 1. The first-order chi connectivity index (χ1) is 12.1. The number of nitrogens with one attached hydrogen (secondary N) is 2. The van der Waals surface area contributed by atoms with Crippen LogP contribution in [0, 0.1) is 0 Å². The van der Waals surface area contributed by atoms with Gasteiger partial charge >= 0.3 is 5.97 Å². The molecule has 4 rings (SSSR count). The molecule has 0 amide bonds. The molecule has 3 aromatic rings. The number of halogens is 1. The topological polar surface area (TPSA) is 74.4 Å². The van der Waals surface area contributed by atoms with Crippen LogP contribution in [0.4, 0.5) is 0 Å². The van der Waals surface area contributed by atoms with Gasteiger partial charge in [-0.25, -0.2) is 0 Å². The number of phenols is 1. The van der Waals surface area contributed by atoms with Crippen LogP contribution >= 0.6 is 15.9 Å². The number of aromatic nitrogens is 1. The number of hydrogen-bond acceptors (Lipinski definition) is 4. The van der Waals surface area contributed by atoms with Crippen molar-refractivity contribution in [2.45, 2.75) is 18.5 Å². The fourth-order valence-electron chi connectivity index (χ4n) is 3.53. The van der Waals surface area contributed by atoms with Crippen LogP contribution in [0.2, 0.25) is 0 Å². The van der Waals surface area contributed by atoms with Gasteiger partial charge in [-0.3, -0.25) is 10.1 Å². The normalized spacial score (nSPS) is 19.6. The fraction of sp³-hybridized carbons (Fsp3) is 0.211. The summed E-state index contributed by atoms with van der Waals surface area (Å²) in [6, 6.07) is 12.5. The molecule has 1 unspecified atom stereocenters. The Balaban J connectivity index is 1.91. The van der Waals surface area contributed by atoms with Gasteiger partial charge < -0.3 is 14.8 Å². The summed E-state index contributed by atoms with van der Waals surface area (Å²) < 4.78 is 5.81. The van der Waals surface area contributed by atoms with E-state index in [9.17, 15) is 9.90 Å². The van der Waals surface area contributed by atoms with Gasteiger partial charge in [0.05, 0.1) is 13.2 Å². The number of esters is 1. The molecule has 25 heavy (non-hydrogen) atoms. The highest BCUT2D eigenvalue weighted by Crippen LogP contribution is 2.39. The molecule has 0 radical (unpaired) electrons. The number of rotatable bonds is 2. The molecule has 1 aromatic heterocycles. The molecule has 0 aliphatic carbocycles. The Bertz CT molecular complexity index is 966. The summed E-state index contributed by atoms with van der Waals surface area (Å²) >= 11 is 3.45. The van der Waals surface area contributed by atoms with E-state index in [1.165, 1.54) is 7.11 Å². The number of fused-ring (bicyclic) bond motifs is 3. The van der Waals surface area contributed by atoms with Crippen molar-refractivity contribution in [2.75, 3.05) is 7.11 Å². The predicted octanol–water partition coefficient (Wildman–Crippen LogP) is 3.41. The molecule has 128 valence electrons. The number of aromatic amines is 1. The molecule has 3 N–H and O–H groups in total. The van der Waals surface area contributed by atoms with Crippen LogP contribution in [0.25, 0.3) is 10.9 Å². The van der Waals surface area contributed by atoms with Crippen LogP contribution in [0.1, 0.15) is 22.9 Å². The lowest BCUT2D eigenvalue weighted by atomic mass is 9.90. The third-order valence-electron chi connectivity index (χ3n) is 4.70. The van der Waals surface area contributed by atoms with Gasteiger partial charge in [-0.2, -0.15) is 0 Å². The molecule has 0 saturated heterocycles. The second kappa shape index (κ2) is 6.20. The highest BCUT2D eigenvalue weighted by molar-refractivity contribution is 9.10. The Hall–Kier alpha value is -2.31. The fourth-order valence-corrected chi connectivity index (χ4v) is 3.91. The number of benzene rings is 2. The van der Waals surface area contributed by atoms with Gasteiger partial charge in [0.2, 0.25) is 0 Å². The van der Waals surface area contributed by atoms with Crippen molar-refractivity contribution in [2.24, 2.45) is 0 Å². The van der Waals surface area contributed by atoms with E-state index in [-0.39, 0.29) is 17.8 Å². The Morgan fingerprint density at radius 3 is 2.88 bits per heavy atom. The summed E-state index contributed by atoms with van der Waals surface area (Å²) in [4.78, 5) is 15.6. The summed E-state index contributed by atoms with van der Waals surface area (Å²) in [6.45, 7) is 0. The lowest BCUT2D eigenvalue weighted by molar-refractivity contribution is -0.143. The highest BCUT2D eigenvalue weighted by Gasteiger charge is 2.35. The quantitative estimate of drug-likeness (QED) is 0.576. The van der Waals surface area contributed by atoms with Crippen molar-refractivity contribution < 1.29 is 14.6 Å². The van der Waals surface area contributed by atoms with Crippen molar-refractivity contribution in [3.63, 3.8) is 0 Å². The van der Waals surface area contributed by atoms with Gasteiger partial charge in [0.15, 0.2) is 0 Å². The smallest absolute Gasteiger partial charge is 0.323 e. The molecule has 1 aliphatic heterocycles. The molecule has 2 heterocycles. The van der Waals surface area contributed by atoms with Crippen LogP contribution in [0.3, 0.4) is 0 Å². The number of phenolic OH excluding ortho intramolecular Hbond substituents is 1. The minimum Gasteiger partial charge on any atom is -0.508 e. The molecule has 5 nitrogen and oxygen atoms in total. The minimum atomic E-state index is -0.472. The molecule has 0 bridgehead atoms. The number of para-hydroxylation sites is 1. The number of H-pyrrole nitrogens is 1. The maximum atomic E-state index is 12.2. The lowest BCUT2D eigenvalue weighted by Gasteiger charge is -2.30. The maximum absolute atomic E-state index is 12.2. The molecule has 0 spiro atoms. The van der Waals surface area contributed by atoms with Gasteiger partial charge in [-0.15, -0.1) is 0 Å². The summed E-state index contributed by atoms with van der Waals surface area (Å²) in [5.41, 5.74) is 3.76. The van der Waals surface area contributed by atoms with E-state index < -0.39 is 6.04 Å². The van der Waals surface area contributed by atoms with Crippen molar-refractivity contribution in [1.29, 1.82) is 0 Å². The van der Waals surface area contributed by atoms with E-state index in [0.29, 0.717) is 12.0 Å². The largest absolute Gasteiger partial charge is 0.508 e. The Labute approximate surface area is 153 Å². The Morgan fingerprint density at radius 2 is 2.08 bits per heavy atom. The van der Waals surface area contributed by atoms with Crippen molar-refractivity contribution >= 4 is 32.8 Å². The average molecular weight is 401 g/mol.